The molecular formula is C13H11ClFNO3. The molecule has 0 bridgehead atoms. The Balaban J connectivity index is 1.95. The summed E-state index contributed by atoms with van der Waals surface area (Å²) in [4.78, 5) is 10.7. The van der Waals surface area contributed by atoms with Crippen molar-refractivity contribution in [2.24, 2.45) is 0 Å². The van der Waals surface area contributed by atoms with E-state index in [0.29, 0.717) is 0 Å². The zero-order valence-electron chi connectivity index (χ0n) is 9.77. The third-order valence-electron chi connectivity index (χ3n) is 2.51. The minimum absolute atomic E-state index is 0.0849. The van der Waals surface area contributed by atoms with Crippen LogP contribution < -0.4 is 5.32 Å². The highest BCUT2D eigenvalue weighted by Gasteiger charge is 2.27. The van der Waals surface area contributed by atoms with Gasteiger partial charge < -0.3 is 15.2 Å². The van der Waals surface area contributed by atoms with Gasteiger partial charge in [0.05, 0.1) is 12.2 Å². The fourth-order valence-electron chi connectivity index (χ4n) is 1.46. The fraction of sp³-hybridized carbons (Fsp3) is 0.154. The number of aliphatic carboxylic acids is 1. The van der Waals surface area contributed by atoms with Gasteiger partial charge in [-0.15, -0.1) is 0 Å². The molecule has 2 rings (SSSR count). The van der Waals surface area contributed by atoms with Gasteiger partial charge in [0, 0.05) is 6.20 Å². The summed E-state index contributed by atoms with van der Waals surface area (Å²) in [5.41, 5.74) is 0.839. The molecule has 1 aromatic carbocycles. The molecule has 0 saturated carbocycles. The van der Waals surface area contributed by atoms with Crippen LogP contribution in [-0.4, -0.2) is 16.3 Å². The van der Waals surface area contributed by atoms with Crippen molar-refractivity contribution in [3.05, 3.63) is 59.6 Å². The molecule has 0 fully saturated rings. The van der Waals surface area contributed by atoms with E-state index in [4.69, 9.17) is 21.4 Å². The highest BCUT2D eigenvalue weighted by molar-refractivity contribution is 6.24. The summed E-state index contributed by atoms with van der Waals surface area (Å²) in [5, 5.41) is 10.1. The lowest BCUT2D eigenvalue weighted by Gasteiger charge is -2.27. The third kappa shape index (κ3) is 3.56. The van der Waals surface area contributed by atoms with Gasteiger partial charge in [0.15, 0.2) is 0 Å². The number of dihydropyridines is 1. The zero-order valence-corrected chi connectivity index (χ0v) is 10.5. The topological polar surface area (TPSA) is 58.6 Å². The van der Waals surface area contributed by atoms with E-state index >= 15 is 0 Å². The highest BCUT2D eigenvalue weighted by atomic mass is 35.5. The monoisotopic (exact) mass is 283 g/mol. The molecule has 1 aliphatic heterocycles. The van der Waals surface area contributed by atoms with E-state index in [9.17, 15) is 9.18 Å². The second-order valence-corrected chi connectivity index (χ2v) is 4.50. The standard InChI is InChI=1S/C13H11ClFNO3/c14-13(6-5-10(7-16-13)12(17)18)19-8-9-1-3-11(15)4-2-9/h1-7,16H,8H2,(H,17,18). The number of halogens is 2. The number of ether oxygens (including phenoxy) is 1. The van der Waals surface area contributed by atoms with Gasteiger partial charge in [-0.3, -0.25) is 0 Å². The Hall–Kier alpha value is -1.85. The van der Waals surface area contributed by atoms with Crippen molar-refractivity contribution in [2.75, 3.05) is 0 Å². The van der Waals surface area contributed by atoms with E-state index in [1.807, 2.05) is 0 Å². The largest absolute Gasteiger partial charge is 0.478 e. The van der Waals surface area contributed by atoms with Crippen LogP contribution in [0, 0.1) is 5.82 Å². The molecule has 6 heteroatoms. The van der Waals surface area contributed by atoms with Gasteiger partial charge in [-0.2, -0.15) is 0 Å². The summed E-state index contributed by atoms with van der Waals surface area (Å²) in [5.74, 6) is -1.38. The van der Waals surface area contributed by atoms with Gasteiger partial charge in [-0.1, -0.05) is 23.7 Å². The Morgan fingerprint density at radius 2 is 2.11 bits per heavy atom. The van der Waals surface area contributed by atoms with Crippen molar-refractivity contribution < 1.29 is 19.0 Å². The number of carbonyl (C=O) groups is 1. The molecule has 1 aliphatic rings. The van der Waals surface area contributed by atoms with Crippen molar-refractivity contribution >= 4 is 17.6 Å². The summed E-state index contributed by atoms with van der Waals surface area (Å²) in [6, 6.07) is 5.82. The van der Waals surface area contributed by atoms with Crippen LogP contribution >= 0.6 is 11.6 Å². The van der Waals surface area contributed by atoms with Crippen molar-refractivity contribution in [3.63, 3.8) is 0 Å². The van der Waals surface area contributed by atoms with Crippen molar-refractivity contribution in [2.45, 2.75) is 11.8 Å². The lowest BCUT2D eigenvalue weighted by atomic mass is 10.2. The first-order chi connectivity index (χ1) is 8.98. The number of carboxylic acid groups (broad SMARTS) is 1. The van der Waals surface area contributed by atoms with E-state index in [2.05, 4.69) is 5.32 Å². The van der Waals surface area contributed by atoms with Gasteiger partial charge in [0.1, 0.15) is 5.82 Å². The fourth-order valence-corrected chi connectivity index (χ4v) is 1.63. The van der Waals surface area contributed by atoms with E-state index in [0.717, 1.165) is 5.56 Å². The first kappa shape index (κ1) is 13.6. The molecular weight excluding hydrogens is 273 g/mol. The van der Waals surface area contributed by atoms with Gasteiger partial charge in [0.25, 0.3) is 0 Å². The molecule has 0 aliphatic carbocycles. The molecule has 0 aromatic heterocycles. The van der Waals surface area contributed by atoms with Crippen molar-refractivity contribution in [3.8, 4) is 0 Å². The SMILES string of the molecule is O=C(O)C1=CNC(Cl)(OCc2ccc(F)cc2)C=C1. The van der Waals surface area contributed by atoms with E-state index in [1.165, 1.54) is 30.5 Å². The van der Waals surface area contributed by atoms with Crippen LogP contribution in [-0.2, 0) is 16.1 Å². The normalized spacial score (nSPS) is 21.7. The molecule has 4 nitrogen and oxygen atoms in total. The maximum Gasteiger partial charge on any atom is 0.337 e. The van der Waals surface area contributed by atoms with Gasteiger partial charge >= 0.3 is 5.97 Å². The molecule has 1 aromatic rings. The van der Waals surface area contributed by atoms with Crippen LogP contribution in [0.2, 0.25) is 0 Å². The summed E-state index contributed by atoms with van der Waals surface area (Å²) in [6.07, 6.45) is 4.03. The number of carboxylic acids is 1. The molecule has 0 saturated heterocycles. The molecule has 0 spiro atoms. The quantitative estimate of drug-likeness (QED) is 0.658. The van der Waals surface area contributed by atoms with Crippen LogP contribution in [0.5, 0.6) is 0 Å². The van der Waals surface area contributed by atoms with Crippen molar-refractivity contribution in [1.29, 1.82) is 0 Å². The lowest BCUT2D eigenvalue weighted by molar-refractivity contribution is -0.132. The molecule has 1 heterocycles. The number of nitrogens with one attached hydrogen (secondary N) is 1. The molecule has 2 N–H and O–H groups in total. The minimum atomic E-state index is -1.30. The first-order valence-corrected chi connectivity index (χ1v) is 5.84. The van der Waals surface area contributed by atoms with Crippen LogP contribution in [0.25, 0.3) is 0 Å². The average molecular weight is 284 g/mol. The number of alkyl halides is 1. The zero-order chi connectivity index (χ0) is 13.9. The summed E-state index contributed by atoms with van der Waals surface area (Å²) >= 11 is 6.09. The van der Waals surface area contributed by atoms with Crippen LogP contribution in [0.1, 0.15) is 5.56 Å². The Bertz CT molecular complexity index is 541. The number of hydrogen-bond donors (Lipinski definition) is 2. The number of hydrogen-bond acceptors (Lipinski definition) is 3. The van der Waals surface area contributed by atoms with E-state index in [1.54, 1.807) is 12.1 Å². The van der Waals surface area contributed by atoms with Crippen molar-refractivity contribution in [1.82, 2.24) is 5.32 Å². The van der Waals surface area contributed by atoms with Crippen LogP contribution in [0.4, 0.5) is 4.39 Å². The Morgan fingerprint density at radius 1 is 1.42 bits per heavy atom. The molecule has 1 unspecified atom stereocenters. The Kier molecular flexibility index (Phi) is 3.87. The van der Waals surface area contributed by atoms with Gasteiger partial charge in [-0.05, 0) is 29.8 Å². The molecule has 1 atom stereocenters. The second kappa shape index (κ2) is 5.42. The summed E-state index contributed by atoms with van der Waals surface area (Å²) in [7, 11) is 0. The predicted molar refractivity (Wildman–Crippen MR) is 67.8 cm³/mol. The molecule has 100 valence electrons. The number of rotatable bonds is 4. The third-order valence-corrected chi connectivity index (χ3v) is 2.86. The van der Waals surface area contributed by atoms with Gasteiger partial charge in [0.2, 0.25) is 5.18 Å². The first-order valence-electron chi connectivity index (χ1n) is 5.46. The summed E-state index contributed by atoms with van der Waals surface area (Å²) in [6.45, 7) is 0.164. The molecule has 0 amide bonds. The Labute approximate surface area is 114 Å². The highest BCUT2D eigenvalue weighted by Crippen LogP contribution is 2.22. The predicted octanol–water partition coefficient (Wildman–Crippen LogP) is 2.36. The smallest absolute Gasteiger partial charge is 0.337 e. The molecule has 0 radical (unpaired) electrons. The maximum atomic E-state index is 12.7. The van der Waals surface area contributed by atoms with E-state index in [-0.39, 0.29) is 18.0 Å². The van der Waals surface area contributed by atoms with Crippen LogP contribution in [0.3, 0.4) is 0 Å². The van der Waals surface area contributed by atoms with Gasteiger partial charge in [-0.25, -0.2) is 9.18 Å². The minimum Gasteiger partial charge on any atom is -0.478 e. The average Bonchev–Trinajstić information content (AvgIpc) is 2.39. The second-order valence-electron chi connectivity index (χ2n) is 3.94. The van der Waals surface area contributed by atoms with E-state index < -0.39 is 11.2 Å². The lowest BCUT2D eigenvalue weighted by Crippen LogP contribution is -2.39. The number of benzene rings is 1. The molecule has 19 heavy (non-hydrogen) atoms. The Morgan fingerprint density at radius 3 is 2.63 bits per heavy atom. The maximum absolute atomic E-state index is 12.7. The summed E-state index contributed by atoms with van der Waals surface area (Å²) < 4.78 is 18.2. The van der Waals surface area contributed by atoms with Crippen LogP contribution in [0.15, 0.2) is 48.2 Å².